The van der Waals surface area contributed by atoms with Crippen LogP contribution in [0.4, 0.5) is 0 Å². The zero-order chi connectivity index (χ0) is 20.8. The van der Waals surface area contributed by atoms with Crippen LogP contribution in [0.3, 0.4) is 0 Å². The third-order valence-corrected chi connectivity index (χ3v) is 7.18. The van der Waals surface area contributed by atoms with Crippen molar-refractivity contribution in [2.24, 2.45) is 11.3 Å². The highest BCUT2D eigenvalue weighted by Crippen LogP contribution is 2.76. The molecule has 3 aliphatic heterocycles. The van der Waals surface area contributed by atoms with Crippen LogP contribution in [0.15, 0.2) is 23.5 Å². The number of ether oxygens (including phenoxy) is 5. The Morgan fingerprint density at radius 1 is 1.21 bits per heavy atom. The average molecular weight is 404 g/mol. The molecule has 0 spiro atoms. The molecule has 4 fully saturated rings. The minimum absolute atomic E-state index is 0.236. The highest BCUT2D eigenvalue weighted by atomic mass is 16.7. The van der Waals surface area contributed by atoms with Crippen LogP contribution < -0.4 is 0 Å². The van der Waals surface area contributed by atoms with Gasteiger partial charge < -0.3 is 23.7 Å². The molecule has 6 atom stereocenters. The fraction of sp³-hybridized carbons (Fsp3) is 0.667. The first kappa shape index (κ1) is 18.7. The normalized spacial score (nSPS) is 45.0. The maximum atomic E-state index is 12.7. The second kappa shape index (κ2) is 5.62. The highest BCUT2D eigenvalue weighted by Gasteiger charge is 2.92. The van der Waals surface area contributed by atoms with Crippen molar-refractivity contribution in [3.63, 3.8) is 0 Å². The van der Waals surface area contributed by atoms with Crippen molar-refractivity contribution in [1.29, 1.82) is 0 Å². The first-order valence-electron chi connectivity index (χ1n) is 9.96. The molecule has 2 aliphatic carbocycles. The summed E-state index contributed by atoms with van der Waals surface area (Å²) in [5, 5.41) is 0. The zero-order valence-electron chi connectivity index (χ0n) is 16.9. The van der Waals surface area contributed by atoms with Gasteiger partial charge in [0.2, 0.25) is 0 Å². The van der Waals surface area contributed by atoms with E-state index in [4.69, 9.17) is 23.7 Å². The molecule has 0 radical (unpaired) electrons. The number of carbonyl (C=O) groups is 3. The number of epoxide rings is 1. The summed E-state index contributed by atoms with van der Waals surface area (Å²) in [6.45, 7) is 7.20. The minimum Gasteiger partial charge on any atom is -0.459 e. The van der Waals surface area contributed by atoms with Gasteiger partial charge in [-0.25, -0.2) is 9.59 Å². The molecule has 6 unspecified atom stereocenters. The van der Waals surface area contributed by atoms with Crippen molar-refractivity contribution in [3.05, 3.63) is 23.5 Å². The summed E-state index contributed by atoms with van der Waals surface area (Å²) in [5.74, 6) is -1.90. The Hall–Kier alpha value is -2.35. The standard InChI is InChI=1S/C21H24O8/c1-10-8-13(27-17(10)23)25-9-12-14-15(26-11(2)22)20-7-5-6-19(3,4)21(20,29-20)16(14)28-18(12)24/h8-9,13-16H,5-7H2,1-4H3. The number of hydrogen-bond donors (Lipinski definition) is 0. The molecule has 29 heavy (non-hydrogen) atoms. The lowest BCUT2D eigenvalue weighted by Crippen LogP contribution is -2.49. The Bertz CT molecular complexity index is 885. The second-order valence-corrected chi connectivity index (χ2v) is 9.18. The number of hydrogen-bond acceptors (Lipinski definition) is 8. The lowest BCUT2D eigenvalue weighted by molar-refractivity contribution is -0.155. The molecule has 5 rings (SSSR count). The number of esters is 3. The Labute approximate surface area is 168 Å². The van der Waals surface area contributed by atoms with Crippen LogP contribution in [0.1, 0.15) is 47.0 Å². The van der Waals surface area contributed by atoms with E-state index in [0.717, 1.165) is 19.3 Å². The summed E-state index contributed by atoms with van der Waals surface area (Å²) < 4.78 is 28.5. The lowest BCUT2D eigenvalue weighted by Gasteiger charge is -2.38. The first-order valence-corrected chi connectivity index (χ1v) is 9.96. The van der Waals surface area contributed by atoms with Gasteiger partial charge in [-0.05, 0) is 26.2 Å². The molecule has 0 bridgehead atoms. The molecule has 156 valence electrons. The van der Waals surface area contributed by atoms with Crippen LogP contribution in [-0.4, -0.2) is 47.6 Å². The van der Waals surface area contributed by atoms with Crippen LogP contribution in [0.25, 0.3) is 0 Å². The number of rotatable bonds is 3. The van der Waals surface area contributed by atoms with E-state index < -0.39 is 53.5 Å². The molecule has 0 aromatic rings. The summed E-state index contributed by atoms with van der Waals surface area (Å²) in [6.07, 6.45) is 3.37. The fourth-order valence-corrected chi connectivity index (χ4v) is 5.97. The minimum atomic E-state index is -0.892. The predicted octanol–water partition coefficient (Wildman–Crippen LogP) is 1.92. The van der Waals surface area contributed by atoms with Crippen molar-refractivity contribution in [2.45, 2.75) is 76.7 Å². The van der Waals surface area contributed by atoms with Crippen molar-refractivity contribution in [3.8, 4) is 0 Å². The monoisotopic (exact) mass is 404 g/mol. The maximum Gasteiger partial charge on any atom is 0.338 e. The molecule has 8 heteroatoms. The Balaban J connectivity index is 1.51. The molecule has 0 aromatic heterocycles. The molecular weight excluding hydrogens is 380 g/mol. The zero-order valence-corrected chi connectivity index (χ0v) is 16.9. The van der Waals surface area contributed by atoms with Gasteiger partial charge in [0.1, 0.15) is 23.4 Å². The van der Waals surface area contributed by atoms with Crippen molar-refractivity contribution < 1.29 is 38.1 Å². The Kier molecular flexibility index (Phi) is 3.62. The van der Waals surface area contributed by atoms with Crippen LogP contribution in [0, 0.1) is 11.3 Å². The summed E-state index contributed by atoms with van der Waals surface area (Å²) in [4.78, 5) is 36.1. The topological polar surface area (TPSA) is 101 Å². The van der Waals surface area contributed by atoms with E-state index in [-0.39, 0.29) is 11.0 Å². The first-order chi connectivity index (χ1) is 13.6. The summed E-state index contributed by atoms with van der Waals surface area (Å²) in [5.41, 5.74) is -0.835. The van der Waals surface area contributed by atoms with E-state index in [1.807, 2.05) is 0 Å². The van der Waals surface area contributed by atoms with E-state index in [0.29, 0.717) is 5.57 Å². The second-order valence-electron chi connectivity index (χ2n) is 9.18. The third-order valence-electron chi connectivity index (χ3n) is 7.18. The number of cyclic esters (lactones) is 1. The van der Waals surface area contributed by atoms with Gasteiger partial charge in [0.15, 0.2) is 0 Å². The SMILES string of the molecule is CC(=O)OC1C2C(=COC3C=C(C)C(=O)O3)C(=O)OC2C23OC12CCCC3(C)C. The third kappa shape index (κ3) is 2.21. The van der Waals surface area contributed by atoms with Crippen molar-refractivity contribution in [2.75, 3.05) is 0 Å². The van der Waals surface area contributed by atoms with E-state index in [1.54, 1.807) is 6.92 Å². The van der Waals surface area contributed by atoms with E-state index in [9.17, 15) is 14.4 Å². The van der Waals surface area contributed by atoms with E-state index in [2.05, 4.69) is 13.8 Å². The van der Waals surface area contributed by atoms with Crippen molar-refractivity contribution in [1.82, 2.24) is 0 Å². The molecule has 8 nitrogen and oxygen atoms in total. The largest absolute Gasteiger partial charge is 0.459 e. The van der Waals surface area contributed by atoms with Gasteiger partial charge in [-0.1, -0.05) is 13.8 Å². The Morgan fingerprint density at radius 2 is 1.97 bits per heavy atom. The van der Waals surface area contributed by atoms with Gasteiger partial charge in [0.05, 0.1) is 17.8 Å². The average Bonchev–Trinajstić information content (AvgIpc) is 2.99. The molecule has 2 saturated heterocycles. The smallest absolute Gasteiger partial charge is 0.338 e. The lowest BCUT2D eigenvalue weighted by atomic mass is 9.64. The summed E-state index contributed by atoms with van der Waals surface area (Å²) in [6, 6.07) is 0. The maximum absolute atomic E-state index is 12.7. The van der Waals surface area contributed by atoms with Crippen molar-refractivity contribution >= 4 is 17.9 Å². The predicted molar refractivity (Wildman–Crippen MR) is 95.9 cm³/mol. The summed E-state index contributed by atoms with van der Waals surface area (Å²) >= 11 is 0. The molecule has 0 amide bonds. The van der Waals surface area contributed by atoms with E-state index >= 15 is 0 Å². The van der Waals surface area contributed by atoms with E-state index in [1.165, 1.54) is 19.3 Å². The molecule has 2 saturated carbocycles. The van der Waals surface area contributed by atoms with Gasteiger partial charge in [-0.3, -0.25) is 4.79 Å². The molecule has 0 N–H and O–H groups in total. The van der Waals surface area contributed by atoms with Gasteiger partial charge in [0, 0.05) is 24.0 Å². The molecule has 5 aliphatic rings. The summed E-state index contributed by atoms with van der Waals surface area (Å²) in [7, 11) is 0. The number of carbonyl (C=O) groups excluding carboxylic acids is 3. The molecule has 3 heterocycles. The van der Waals surface area contributed by atoms with Crippen LogP contribution in [0.2, 0.25) is 0 Å². The molecular formula is C21H24O8. The fourth-order valence-electron chi connectivity index (χ4n) is 5.97. The van der Waals surface area contributed by atoms with Gasteiger partial charge in [0.25, 0.3) is 6.29 Å². The van der Waals surface area contributed by atoms with Gasteiger partial charge in [-0.15, -0.1) is 0 Å². The quantitative estimate of drug-likeness (QED) is 0.231. The Morgan fingerprint density at radius 3 is 2.62 bits per heavy atom. The highest BCUT2D eigenvalue weighted by molar-refractivity contribution is 5.93. The van der Waals surface area contributed by atoms with Crippen LogP contribution in [-0.2, 0) is 38.1 Å². The van der Waals surface area contributed by atoms with Gasteiger partial charge >= 0.3 is 17.9 Å². The van der Waals surface area contributed by atoms with Crippen LogP contribution in [0.5, 0.6) is 0 Å². The molecule has 0 aromatic carbocycles. The number of fused-ring (bicyclic) bond motifs is 1. The van der Waals surface area contributed by atoms with Crippen LogP contribution >= 0.6 is 0 Å². The van der Waals surface area contributed by atoms with Gasteiger partial charge in [-0.2, -0.15) is 0 Å².